The van der Waals surface area contributed by atoms with E-state index in [0.29, 0.717) is 12.2 Å². The summed E-state index contributed by atoms with van der Waals surface area (Å²) in [5.74, 6) is -1.02. The molecule has 6 heteroatoms. The van der Waals surface area contributed by atoms with Crippen LogP contribution in [-0.2, 0) is 0 Å². The number of hydrogen-bond acceptors (Lipinski definition) is 4. The zero-order valence-corrected chi connectivity index (χ0v) is 8.76. The van der Waals surface area contributed by atoms with Crippen molar-refractivity contribution in [2.45, 2.75) is 0 Å². The van der Waals surface area contributed by atoms with Crippen LogP contribution in [0.4, 0.5) is 11.4 Å². The number of aromatic nitrogens is 1. The van der Waals surface area contributed by atoms with E-state index in [4.69, 9.17) is 5.11 Å². The van der Waals surface area contributed by atoms with Crippen LogP contribution in [0.2, 0.25) is 0 Å². The van der Waals surface area contributed by atoms with Gasteiger partial charge in [0.15, 0.2) is 5.69 Å². The van der Waals surface area contributed by atoms with Crippen molar-refractivity contribution in [2.75, 3.05) is 23.7 Å². The van der Waals surface area contributed by atoms with E-state index in [1.807, 2.05) is 0 Å². The standard InChI is InChI=1S/C8H8BrN3O2/c9-4-3-12-7(8(13)14)6-5(4)10-1-2-11-6/h3,10-11H,1-2H2,(H,13,14). The van der Waals surface area contributed by atoms with E-state index in [0.717, 1.165) is 16.7 Å². The van der Waals surface area contributed by atoms with Gasteiger partial charge in [0.2, 0.25) is 0 Å². The zero-order valence-electron chi connectivity index (χ0n) is 7.17. The molecule has 0 saturated heterocycles. The lowest BCUT2D eigenvalue weighted by Crippen LogP contribution is -2.23. The van der Waals surface area contributed by atoms with Crippen molar-refractivity contribution in [3.63, 3.8) is 0 Å². The Balaban J connectivity index is 2.59. The van der Waals surface area contributed by atoms with Crippen molar-refractivity contribution in [3.05, 3.63) is 16.4 Å². The molecule has 14 heavy (non-hydrogen) atoms. The highest BCUT2D eigenvalue weighted by molar-refractivity contribution is 9.10. The lowest BCUT2D eigenvalue weighted by atomic mass is 10.2. The summed E-state index contributed by atoms with van der Waals surface area (Å²) in [5.41, 5.74) is 1.37. The number of carboxylic acids is 1. The highest BCUT2D eigenvalue weighted by Crippen LogP contribution is 2.33. The van der Waals surface area contributed by atoms with E-state index in [1.165, 1.54) is 6.20 Å². The minimum atomic E-state index is -1.02. The van der Waals surface area contributed by atoms with Crippen LogP contribution in [0.3, 0.4) is 0 Å². The Bertz CT molecular complexity index is 394. The van der Waals surface area contributed by atoms with E-state index >= 15 is 0 Å². The highest BCUT2D eigenvalue weighted by atomic mass is 79.9. The summed E-state index contributed by atoms with van der Waals surface area (Å²) in [7, 11) is 0. The third-order valence-corrected chi connectivity index (χ3v) is 2.57. The van der Waals surface area contributed by atoms with Gasteiger partial charge in [0, 0.05) is 19.3 Å². The van der Waals surface area contributed by atoms with Crippen molar-refractivity contribution in [1.29, 1.82) is 0 Å². The maximum absolute atomic E-state index is 10.8. The van der Waals surface area contributed by atoms with Crippen LogP contribution in [0.15, 0.2) is 10.7 Å². The van der Waals surface area contributed by atoms with Crippen LogP contribution in [0, 0.1) is 0 Å². The number of halogens is 1. The summed E-state index contributed by atoms with van der Waals surface area (Å²) in [6, 6.07) is 0. The molecular weight excluding hydrogens is 250 g/mol. The number of anilines is 2. The summed E-state index contributed by atoms with van der Waals surface area (Å²) >= 11 is 3.31. The first kappa shape index (κ1) is 9.26. The molecule has 0 radical (unpaired) electrons. The number of pyridine rings is 1. The summed E-state index contributed by atoms with van der Waals surface area (Å²) in [6.45, 7) is 1.47. The summed E-state index contributed by atoms with van der Waals surface area (Å²) in [4.78, 5) is 14.7. The Kier molecular flexibility index (Phi) is 2.28. The lowest BCUT2D eigenvalue weighted by molar-refractivity contribution is 0.0691. The predicted molar refractivity (Wildman–Crippen MR) is 55.9 cm³/mol. The van der Waals surface area contributed by atoms with Gasteiger partial charge in [-0.1, -0.05) is 0 Å². The van der Waals surface area contributed by atoms with Gasteiger partial charge in [-0.15, -0.1) is 0 Å². The minimum absolute atomic E-state index is 0.0513. The van der Waals surface area contributed by atoms with Crippen molar-refractivity contribution in [3.8, 4) is 0 Å². The molecule has 0 aliphatic carbocycles. The predicted octanol–water partition coefficient (Wildman–Crippen LogP) is 1.38. The minimum Gasteiger partial charge on any atom is -0.476 e. The van der Waals surface area contributed by atoms with Gasteiger partial charge in [0.1, 0.15) is 0 Å². The number of carbonyl (C=O) groups is 1. The SMILES string of the molecule is O=C(O)c1ncc(Br)c2c1NCCN2. The van der Waals surface area contributed by atoms with Crippen LogP contribution in [0.25, 0.3) is 0 Å². The van der Waals surface area contributed by atoms with Crippen LogP contribution in [-0.4, -0.2) is 29.1 Å². The molecule has 0 bridgehead atoms. The summed E-state index contributed by atoms with van der Waals surface area (Å²) in [6.07, 6.45) is 1.49. The Morgan fingerprint density at radius 2 is 2.07 bits per heavy atom. The maximum atomic E-state index is 10.8. The Labute approximate surface area is 88.7 Å². The molecule has 5 nitrogen and oxygen atoms in total. The monoisotopic (exact) mass is 257 g/mol. The van der Waals surface area contributed by atoms with Gasteiger partial charge in [-0.3, -0.25) is 0 Å². The molecule has 1 aliphatic heterocycles. The normalized spacial score (nSPS) is 13.8. The molecule has 1 aliphatic rings. The number of fused-ring (bicyclic) bond motifs is 1. The number of aromatic carboxylic acids is 1. The highest BCUT2D eigenvalue weighted by Gasteiger charge is 2.20. The molecule has 0 unspecified atom stereocenters. The van der Waals surface area contributed by atoms with Gasteiger partial charge in [-0.25, -0.2) is 9.78 Å². The molecule has 0 spiro atoms. The van der Waals surface area contributed by atoms with Crippen molar-refractivity contribution in [2.24, 2.45) is 0 Å². The second-order valence-electron chi connectivity index (χ2n) is 2.86. The van der Waals surface area contributed by atoms with E-state index in [-0.39, 0.29) is 5.69 Å². The molecule has 0 saturated carbocycles. The van der Waals surface area contributed by atoms with Gasteiger partial charge in [-0.05, 0) is 15.9 Å². The maximum Gasteiger partial charge on any atom is 0.356 e. The molecule has 3 N–H and O–H groups in total. The molecule has 1 aromatic heterocycles. The zero-order chi connectivity index (χ0) is 10.1. The van der Waals surface area contributed by atoms with Crippen LogP contribution < -0.4 is 10.6 Å². The van der Waals surface area contributed by atoms with Crippen molar-refractivity contribution in [1.82, 2.24) is 4.98 Å². The van der Waals surface area contributed by atoms with Gasteiger partial charge in [0.25, 0.3) is 0 Å². The summed E-state index contributed by atoms with van der Waals surface area (Å²) < 4.78 is 0.768. The molecule has 2 heterocycles. The van der Waals surface area contributed by atoms with Crippen LogP contribution in [0.5, 0.6) is 0 Å². The fourth-order valence-electron chi connectivity index (χ4n) is 1.37. The molecule has 0 aromatic carbocycles. The average molecular weight is 258 g/mol. The largest absolute Gasteiger partial charge is 0.476 e. The Morgan fingerprint density at radius 3 is 2.71 bits per heavy atom. The van der Waals surface area contributed by atoms with Gasteiger partial charge < -0.3 is 15.7 Å². The smallest absolute Gasteiger partial charge is 0.356 e. The average Bonchev–Trinajstić information content (AvgIpc) is 2.18. The van der Waals surface area contributed by atoms with E-state index in [2.05, 4.69) is 31.5 Å². The van der Waals surface area contributed by atoms with Gasteiger partial charge in [0.05, 0.1) is 15.8 Å². The molecule has 74 valence electrons. The number of hydrogen-bond donors (Lipinski definition) is 3. The van der Waals surface area contributed by atoms with E-state index < -0.39 is 5.97 Å². The van der Waals surface area contributed by atoms with Crippen molar-refractivity contribution >= 4 is 33.3 Å². The van der Waals surface area contributed by atoms with E-state index in [9.17, 15) is 4.79 Å². The molecule has 1 aromatic rings. The van der Waals surface area contributed by atoms with Gasteiger partial charge in [-0.2, -0.15) is 0 Å². The summed E-state index contributed by atoms with van der Waals surface area (Å²) in [5, 5.41) is 15.0. The quantitative estimate of drug-likeness (QED) is 0.709. The fourth-order valence-corrected chi connectivity index (χ4v) is 1.81. The van der Waals surface area contributed by atoms with Crippen LogP contribution in [0.1, 0.15) is 10.5 Å². The van der Waals surface area contributed by atoms with Gasteiger partial charge >= 0.3 is 5.97 Å². The van der Waals surface area contributed by atoms with Crippen LogP contribution >= 0.6 is 15.9 Å². The Morgan fingerprint density at radius 1 is 1.43 bits per heavy atom. The molecule has 0 fully saturated rings. The lowest BCUT2D eigenvalue weighted by Gasteiger charge is -2.21. The third-order valence-electron chi connectivity index (χ3n) is 1.96. The first-order valence-electron chi connectivity index (χ1n) is 4.09. The number of nitrogens with one attached hydrogen (secondary N) is 2. The molecule has 0 amide bonds. The number of carboxylic acid groups (broad SMARTS) is 1. The first-order valence-corrected chi connectivity index (χ1v) is 4.89. The second-order valence-corrected chi connectivity index (χ2v) is 3.72. The molecular formula is C8H8BrN3O2. The molecule has 0 atom stereocenters. The van der Waals surface area contributed by atoms with Crippen molar-refractivity contribution < 1.29 is 9.90 Å². The first-order chi connectivity index (χ1) is 6.70. The molecule has 2 rings (SSSR count). The number of rotatable bonds is 1. The topological polar surface area (TPSA) is 74.2 Å². The van der Waals surface area contributed by atoms with E-state index in [1.54, 1.807) is 0 Å². The fraction of sp³-hybridized carbons (Fsp3) is 0.250. The second kappa shape index (κ2) is 3.45. The Hall–Kier alpha value is -1.30. The number of nitrogens with zero attached hydrogens (tertiary/aromatic N) is 1. The third kappa shape index (κ3) is 1.41.